The van der Waals surface area contributed by atoms with Crippen LogP contribution in [-0.4, -0.2) is 41.5 Å². The van der Waals surface area contributed by atoms with Crippen molar-refractivity contribution >= 4 is 17.6 Å². The standard InChI is InChI=1S/C10H19ClN2O/c1-7(2)12-10-13(8(3)4)6-9(5-11)14-10/h7-9H,5-6H2,1-4H3. The number of aliphatic imine (C=N–C) groups is 1. The fourth-order valence-electron chi connectivity index (χ4n) is 1.39. The van der Waals surface area contributed by atoms with Gasteiger partial charge in [-0.25, -0.2) is 4.99 Å². The second-order valence-electron chi connectivity index (χ2n) is 4.15. The number of hydrogen-bond acceptors (Lipinski definition) is 2. The summed E-state index contributed by atoms with van der Waals surface area (Å²) in [5.41, 5.74) is 0. The van der Waals surface area contributed by atoms with Crippen molar-refractivity contribution in [2.45, 2.75) is 45.9 Å². The molecule has 3 nitrogen and oxygen atoms in total. The molecule has 0 aromatic heterocycles. The maximum atomic E-state index is 5.77. The lowest BCUT2D eigenvalue weighted by atomic mass is 10.3. The average Bonchev–Trinajstić information content (AvgIpc) is 2.46. The number of alkyl halides is 1. The molecule has 1 aliphatic rings. The number of amidine groups is 1. The summed E-state index contributed by atoms with van der Waals surface area (Å²) >= 11 is 5.77. The highest BCUT2D eigenvalue weighted by Crippen LogP contribution is 2.16. The molecule has 82 valence electrons. The molecule has 1 aliphatic heterocycles. The van der Waals surface area contributed by atoms with Gasteiger partial charge in [-0.2, -0.15) is 0 Å². The molecule has 4 heteroatoms. The quantitative estimate of drug-likeness (QED) is 0.678. The lowest BCUT2D eigenvalue weighted by Crippen LogP contribution is -2.33. The van der Waals surface area contributed by atoms with Gasteiger partial charge in [0.25, 0.3) is 6.02 Å². The van der Waals surface area contributed by atoms with Crippen LogP contribution in [0.25, 0.3) is 0 Å². The minimum absolute atomic E-state index is 0.0940. The zero-order valence-corrected chi connectivity index (χ0v) is 10.1. The number of halogens is 1. The van der Waals surface area contributed by atoms with Crippen LogP contribution in [0.5, 0.6) is 0 Å². The number of hydrogen-bond donors (Lipinski definition) is 0. The normalized spacial score (nSPS) is 25.2. The SMILES string of the molecule is CC(C)N=C1OC(CCl)CN1C(C)C. The van der Waals surface area contributed by atoms with Crippen molar-refractivity contribution < 1.29 is 4.74 Å². The molecular formula is C10H19ClN2O. The van der Waals surface area contributed by atoms with Crippen molar-refractivity contribution in [1.29, 1.82) is 0 Å². The summed E-state index contributed by atoms with van der Waals surface area (Å²) < 4.78 is 5.64. The fraction of sp³-hybridized carbons (Fsp3) is 0.900. The van der Waals surface area contributed by atoms with Gasteiger partial charge in [0, 0.05) is 12.1 Å². The lowest BCUT2D eigenvalue weighted by molar-refractivity contribution is 0.253. The van der Waals surface area contributed by atoms with Gasteiger partial charge in [-0.3, -0.25) is 0 Å². The van der Waals surface area contributed by atoms with Crippen molar-refractivity contribution in [3.63, 3.8) is 0 Å². The van der Waals surface area contributed by atoms with Gasteiger partial charge in [0.2, 0.25) is 0 Å². The highest BCUT2D eigenvalue weighted by Gasteiger charge is 2.30. The van der Waals surface area contributed by atoms with Gasteiger partial charge in [-0.1, -0.05) is 0 Å². The minimum Gasteiger partial charge on any atom is -0.459 e. The Morgan fingerprint density at radius 1 is 1.50 bits per heavy atom. The van der Waals surface area contributed by atoms with E-state index in [4.69, 9.17) is 16.3 Å². The van der Waals surface area contributed by atoms with Crippen LogP contribution in [0, 0.1) is 0 Å². The zero-order chi connectivity index (χ0) is 10.7. The van der Waals surface area contributed by atoms with E-state index in [1.807, 2.05) is 13.8 Å². The Morgan fingerprint density at radius 3 is 2.57 bits per heavy atom. The number of ether oxygens (including phenoxy) is 1. The monoisotopic (exact) mass is 218 g/mol. The van der Waals surface area contributed by atoms with Crippen molar-refractivity contribution in [3.8, 4) is 0 Å². The van der Waals surface area contributed by atoms with Crippen LogP contribution in [0.3, 0.4) is 0 Å². The van der Waals surface area contributed by atoms with Crippen LogP contribution in [0.1, 0.15) is 27.7 Å². The van der Waals surface area contributed by atoms with E-state index in [2.05, 4.69) is 23.7 Å². The number of nitrogens with zero attached hydrogens (tertiary/aromatic N) is 2. The van der Waals surface area contributed by atoms with Crippen LogP contribution >= 0.6 is 11.6 Å². The summed E-state index contributed by atoms with van der Waals surface area (Å²) in [7, 11) is 0. The smallest absolute Gasteiger partial charge is 0.288 e. The average molecular weight is 219 g/mol. The fourth-order valence-corrected chi connectivity index (χ4v) is 1.55. The molecule has 14 heavy (non-hydrogen) atoms. The van der Waals surface area contributed by atoms with E-state index in [-0.39, 0.29) is 12.1 Å². The summed E-state index contributed by atoms with van der Waals surface area (Å²) in [4.78, 5) is 6.60. The maximum Gasteiger partial charge on any atom is 0.288 e. The van der Waals surface area contributed by atoms with Gasteiger partial charge in [-0.15, -0.1) is 11.6 Å². The Balaban J connectivity index is 2.72. The molecule has 0 aliphatic carbocycles. The van der Waals surface area contributed by atoms with Gasteiger partial charge in [0.05, 0.1) is 12.4 Å². The molecular weight excluding hydrogens is 200 g/mol. The Kier molecular flexibility index (Phi) is 4.05. The van der Waals surface area contributed by atoms with E-state index in [0.717, 1.165) is 12.6 Å². The molecule has 0 aromatic carbocycles. The summed E-state index contributed by atoms with van der Waals surface area (Å²) in [5, 5.41) is 0. The molecule has 1 atom stereocenters. The third-order valence-corrected chi connectivity index (χ3v) is 2.43. The van der Waals surface area contributed by atoms with E-state index < -0.39 is 0 Å². The van der Waals surface area contributed by atoms with Gasteiger partial charge in [-0.05, 0) is 27.7 Å². The first-order valence-corrected chi connectivity index (χ1v) is 5.65. The summed E-state index contributed by atoms with van der Waals surface area (Å²) in [6, 6.07) is 1.43. The van der Waals surface area contributed by atoms with E-state index in [9.17, 15) is 0 Å². The van der Waals surface area contributed by atoms with E-state index >= 15 is 0 Å². The van der Waals surface area contributed by atoms with Gasteiger partial charge >= 0.3 is 0 Å². The molecule has 0 spiro atoms. The van der Waals surface area contributed by atoms with Crippen molar-refractivity contribution in [3.05, 3.63) is 0 Å². The highest BCUT2D eigenvalue weighted by molar-refractivity contribution is 6.18. The van der Waals surface area contributed by atoms with E-state index in [1.54, 1.807) is 0 Å². The molecule has 0 amide bonds. The molecule has 1 heterocycles. The molecule has 0 radical (unpaired) electrons. The van der Waals surface area contributed by atoms with Crippen molar-refractivity contribution in [2.75, 3.05) is 12.4 Å². The number of rotatable bonds is 3. The van der Waals surface area contributed by atoms with Crippen LogP contribution in [0.4, 0.5) is 0 Å². The molecule has 1 unspecified atom stereocenters. The van der Waals surface area contributed by atoms with Crippen LogP contribution in [0.2, 0.25) is 0 Å². The first-order chi connectivity index (χ1) is 6.54. The Labute approximate surface area is 91.1 Å². The van der Waals surface area contributed by atoms with Gasteiger partial charge in [0.15, 0.2) is 0 Å². The molecule has 1 fully saturated rings. The predicted octanol–water partition coefficient (Wildman–Crippen LogP) is 2.10. The molecule has 0 N–H and O–H groups in total. The molecule has 0 bridgehead atoms. The first kappa shape index (κ1) is 11.6. The molecule has 1 rings (SSSR count). The largest absolute Gasteiger partial charge is 0.459 e. The van der Waals surface area contributed by atoms with E-state index in [1.165, 1.54) is 0 Å². The minimum atomic E-state index is 0.0940. The van der Waals surface area contributed by atoms with Crippen LogP contribution in [-0.2, 0) is 4.74 Å². The van der Waals surface area contributed by atoms with Crippen molar-refractivity contribution in [2.24, 2.45) is 4.99 Å². The molecule has 1 saturated heterocycles. The topological polar surface area (TPSA) is 24.8 Å². The van der Waals surface area contributed by atoms with E-state index in [0.29, 0.717) is 11.9 Å². The van der Waals surface area contributed by atoms with Crippen molar-refractivity contribution in [1.82, 2.24) is 4.90 Å². The summed E-state index contributed by atoms with van der Waals surface area (Å²) in [6.45, 7) is 9.21. The first-order valence-electron chi connectivity index (χ1n) is 5.11. The third kappa shape index (κ3) is 2.77. The Morgan fingerprint density at radius 2 is 2.14 bits per heavy atom. The zero-order valence-electron chi connectivity index (χ0n) is 9.33. The van der Waals surface area contributed by atoms with Gasteiger partial charge < -0.3 is 9.64 Å². The molecule has 0 aromatic rings. The Bertz CT molecular complexity index is 216. The predicted molar refractivity (Wildman–Crippen MR) is 60.0 cm³/mol. The Hall–Kier alpha value is -0.440. The molecule has 0 saturated carbocycles. The third-order valence-electron chi connectivity index (χ3n) is 2.08. The summed E-state index contributed by atoms with van der Waals surface area (Å²) in [6.07, 6.45) is 0.0940. The second kappa shape index (κ2) is 4.87. The van der Waals surface area contributed by atoms with Gasteiger partial charge in [0.1, 0.15) is 6.10 Å². The lowest BCUT2D eigenvalue weighted by Gasteiger charge is -2.20. The van der Waals surface area contributed by atoms with Crippen LogP contribution < -0.4 is 0 Å². The summed E-state index contributed by atoms with van der Waals surface area (Å²) in [5.74, 6) is 0.528. The second-order valence-corrected chi connectivity index (χ2v) is 4.45. The maximum absolute atomic E-state index is 5.77. The van der Waals surface area contributed by atoms with Crippen LogP contribution in [0.15, 0.2) is 4.99 Å². The highest BCUT2D eigenvalue weighted by atomic mass is 35.5.